The van der Waals surface area contributed by atoms with E-state index >= 15 is 0 Å². The van der Waals surface area contributed by atoms with Gasteiger partial charge in [0.1, 0.15) is 11.5 Å². The average Bonchev–Trinajstić information content (AvgIpc) is 3.24. The standard InChI is InChI=1S/C18H16N4O/c1-2-5-14(6-3-1)8-9-20-18-17(15-7-4-12-23-15)21-16-13-19-10-11-22(16)18/h1-7,10-13,20H,8-9H2. The van der Waals surface area contributed by atoms with Crippen LogP contribution in [-0.2, 0) is 6.42 Å². The summed E-state index contributed by atoms with van der Waals surface area (Å²) in [6, 6.07) is 14.2. The SMILES string of the molecule is c1ccc(CCNc2c(-c3ccco3)nc3cnccn23)cc1. The van der Waals surface area contributed by atoms with Crippen molar-refractivity contribution in [3.05, 3.63) is 72.9 Å². The molecule has 3 heterocycles. The van der Waals surface area contributed by atoms with Crippen molar-refractivity contribution in [1.29, 1.82) is 0 Å². The number of imidazole rings is 1. The summed E-state index contributed by atoms with van der Waals surface area (Å²) in [5, 5.41) is 3.49. The lowest BCUT2D eigenvalue weighted by molar-refractivity contribution is 0.580. The Hall–Kier alpha value is -3.08. The number of nitrogens with one attached hydrogen (secondary N) is 1. The van der Waals surface area contributed by atoms with E-state index in [-0.39, 0.29) is 0 Å². The highest BCUT2D eigenvalue weighted by Crippen LogP contribution is 2.28. The zero-order valence-electron chi connectivity index (χ0n) is 12.5. The maximum absolute atomic E-state index is 5.52. The van der Waals surface area contributed by atoms with Gasteiger partial charge in [0.2, 0.25) is 0 Å². The van der Waals surface area contributed by atoms with E-state index in [1.165, 1.54) is 5.56 Å². The van der Waals surface area contributed by atoms with Crippen molar-refractivity contribution in [1.82, 2.24) is 14.4 Å². The third kappa shape index (κ3) is 2.68. The van der Waals surface area contributed by atoms with Gasteiger partial charge in [-0.3, -0.25) is 9.38 Å². The molecule has 0 fully saturated rings. The van der Waals surface area contributed by atoms with Crippen LogP contribution in [0.5, 0.6) is 0 Å². The largest absolute Gasteiger partial charge is 0.463 e. The van der Waals surface area contributed by atoms with Gasteiger partial charge < -0.3 is 9.73 Å². The number of hydrogen-bond donors (Lipinski definition) is 1. The summed E-state index contributed by atoms with van der Waals surface area (Å²) in [6.45, 7) is 0.813. The predicted molar refractivity (Wildman–Crippen MR) is 89.3 cm³/mol. The molecule has 0 saturated carbocycles. The Balaban J connectivity index is 1.64. The van der Waals surface area contributed by atoms with Crippen LogP contribution in [0.15, 0.2) is 71.7 Å². The van der Waals surface area contributed by atoms with Crippen LogP contribution in [-0.4, -0.2) is 20.9 Å². The molecule has 0 atom stereocenters. The molecule has 0 saturated heterocycles. The highest BCUT2D eigenvalue weighted by atomic mass is 16.3. The minimum atomic E-state index is 0.746. The number of fused-ring (bicyclic) bond motifs is 1. The van der Waals surface area contributed by atoms with Gasteiger partial charge in [-0.25, -0.2) is 4.98 Å². The molecule has 3 aromatic heterocycles. The van der Waals surface area contributed by atoms with Gasteiger partial charge in [-0.2, -0.15) is 0 Å². The Morgan fingerprint density at radius 3 is 2.83 bits per heavy atom. The summed E-state index contributed by atoms with van der Waals surface area (Å²) in [7, 11) is 0. The van der Waals surface area contributed by atoms with E-state index in [1.807, 2.05) is 28.8 Å². The van der Waals surface area contributed by atoms with Gasteiger partial charge in [0.05, 0.1) is 12.5 Å². The lowest BCUT2D eigenvalue weighted by atomic mass is 10.1. The highest BCUT2D eigenvalue weighted by molar-refractivity contribution is 5.73. The molecule has 4 rings (SSSR count). The van der Waals surface area contributed by atoms with Gasteiger partial charge >= 0.3 is 0 Å². The maximum atomic E-state index is 5.52. The van der Waals surface area contributed by atoms with Crippen LogP contribution in [0.2, 0.25) is 0 Å². The first-order valence-electron chi connectivity index (χ1n) is 7.55. The molecule has 114 valence electrons. The van der Waals surface area contributed by atoms with Gasteiger partial charge in [-0.05, 0) is 24.1 Å². The Kier molecular flexibility index (Phi) is 3.52. The number of nitrogens with zero attached hydrogens (tertiary/aromatic N) is 3. The van der Waals surface area contributed by atoms with E-state index in [1.54, 1.807) is 18.7 Å². The summed E-state index contributed by atoms with van der Waals surface area (Å²) in [6.07, 6.45) is 8.00. The molecule has 0 spiro atoms. The van der Waals surface area contributed by atoms with Crippen LogP contribution < -0.4 is 5.32 Å². The van der Waals surface area contributed by atoms with E-state index in [0.717, 1.165) is 35.9 Å². The monoisotopic (exact) mass is 304 g/mol. The molecule has 0 aliphatic rings. The van der Waals surface area contributed by atoms with Crippen molar-refractivity contribution >= 4 is 11.5 Å². The molecule has 0 radical (unpaired) electrons. The van der Waals surface area contributed by atoms with Gasteiger partial charge in [0.25, 0.3) is 0 Å². The fourth-order valence-electron chi connectivity index (χ4n) is 2.63. The number of furan rings is 1. The predicted octanol–water partition coefficient (Wildman–Crippen LogP) is 3.64. The second-order valence-corrected chi connectivity index (χ2v) is 5.25. The van der Waals surface area contributed by atoms with Crippen LogP contribution in [0.4, 0.5) is 5.82 Å². The topological polar surface area (TPSA) is 55.4 Å². The van der Waals surface area contributed by atoms with Crippen LogP contribution in [0.25, 0.3) is 17.1 Å². The molecule has 5 nitrogen and oxygen atoms in total. The van der Waals surface area contributed by atoms with Crippen molar-refractivity contribution in [3.63, 3.8) is 0 Å². The summed E-state index contributed by atoms with van der Waals surface area (Å²) in [5.41, 5.74) is 2.90. The Labute approximate surface area is 133 Å². The second kappa shape index (κ2) is 5.96. The lowest BCUT2D eigenvalue weighted by Gasteiger charge is -2.08. The molecular weight excluding hydrogens is 288 g/mol. The lowest BCUT2D eigenvalue weighted by Crippen LogP contribution is -2.07. The maximum Gasteiger partial charge on any atom is 0.157 e. The Bertz CT molecular complexity index is 897. The van der Waals surface area contributed by atoms with Crippen molar-refractivity contribution in [2.45, 2.75) is 6.42 Å². The van der Waals surface area contributed by atoms with E-state index in [0.29, 0.717) is 0 Å². The van der Waals surface area contributed by atoms with E-state index in [9.17, 15) is 0 Å². The third-order valence-corrected chi connectivity index (χ3v) is 3.73. The number of anilines is 1. The number of benzene rings is 1. The van der Waals surface area contributed by atoms with Crippen LogP contribution in [0.3, 0.4) is 0 Å². The first kappa shape index (κ1) is 13.6. The minimum Gasteiger partial charge on any atom is -0.463 e. The molecule has 0 amide bonds. The summed E-state index contributed by atoms with van der Waals surface area (Å²) < 4.78 is 7.51. The molecule has 0 bridgehead atoms. The number of hydrogen-bond acceptors (Lipinski definition) is 4. The fourth-order valence-corrected chi connectivity index (χ4v) is 2.63. The van der Waals surface area contributed by atoms with Gasteiger partial charge in [-0.15, -0.1) is 0 Å². The molecule has 1 aromatic carbocycles. The molecule has 4 aromatic rings. The van der Waals surface area contributed by atoms with Crippen molar-refractivity contribution < 1.29 is 4.42 Å². The second-order valence-electron chi connectivity index (χ2n) is 5.25. The molecule has 0 aliphatic carbocycles. The quantitative estimate of drug-likeness (QED) is 0.611. The van der Waals surface area contributed by atoms with Crippen LogP contribution in [0, 0.1) is 0 Å². The first-order valence-corrected chi connectivity index (χ1v) is 7.55. The summed E-state index contributed by atoms with van der Waals surface area (Å²) >= 11 is 0. The van der Waals surface area contributed by atoms with Crippen molar-refractivity contribution in [2.24, 2.45) is 0 Å². The minimum absolute atomic E-state index is 0.746. The molecule has 23 heavy (non-hydrogen) atoms. The number of rotatable bonds is 5. The molecular formula is C18H16N4O. The van der Waals surface area contributed by atoms with E-state index < -0.39 is 0 Å². The molecule has 0 unspecified atom stereocenters. The van der Waals surface area contributed by atoms with E-state index in [2.05, 4.69) is 39.6 Å². The average molecular weight is 304 g/mol. The van der Waals surface area contributed by atoms with E-state index in [4.69, 9.17) is 4.42 Å². The smallest absolute Gasteiger partial charge is 0.157 e. The normalized spacial score (nSPS) is 11.0. The van der Waals surface area contributed by atoms with Crippen molar-refractivity contribution in [3.8, 4) is 11.5 Å². The van der Waals surface area contributed by atoms with Gasteiger partial charge in [0, 0.05) is 18.9 Å². The van der Waals surface area contributed by atoms with Gasteiger partial charge in [-0.1, -0.05) is 30.3 Å². The number of aromatic nitrogens is 3. The van der Waals surface area contributed by atoms with Crippen LogP contribution >= 0.6 is 0 Å². The van der Waals surface area contributed by atoms with Crippen LogP contribution in [0.1, 0.15) is 5.56 Å². The zero-order valence-corrected chi connectivity index (χ0v) is 12.5. The highest BCUT2D eigenvalue weighted by Gasteiger charge is 2.15. The molecule has 0 aliphatic heterocycles. The zero-order chi connectivity index (χ0) is 15.5. The molecule has 5 heteroatoms. The van der Waals surface area contributed by atoms with Crippen molar-refractivity contribution in [2.75, 3.05) is 11.9 Å². The first-order chi connectivity index (χ1) is 11.4. The summed E-state index contributed by atoms with van der Waals surface area (Å²) in [5.74, 6) is 1.67. The fraction of sp³-hybridized carbons (Fsp3) is 0.111. The Morgan fingerprint density at radius 1 is 1.09 bits per heavy atom. The summed E-state index contributed by atoms with van der Waals surface area (Å²) in [4.78, 5) is 8.76. The Morgan fingerprint density at radius 2 is 2.00 bits per heavy atom. The third-order valence-electron chi connectivity index (χ3n) is 3.73. The molecule has 1 N–H and O–H groups in total. The van der Waals surface area contributed by atoms with Gasteiger partial charge in [0.15, 0.2) is 11.4 Å².